The third-order valence-electron chi connectivity index (χ3n) is 2.84. The molecule has 0 fully saturated rings. The highest BCUT2D eigenvalue weighted by Gasteiger charge is 2.38. The third-order valence-corrected chi connectivity index (χ3v) is 2.84. The van der Waals surface area contributed by atoms with Gasteiger partial charge in [0.05, 0.1) is 19.0 Å². The topological polar surface area (TPSA) is 53.1 Å². The van der Waals surface area contributed by atoms with Crippen LogP contribution in [0.15, 0.2) is 30.5 Å². The van der Waals surface area contributed by atoms with Crippen molar-refractivity contribution in [1.82, 2.24) is 9.78 Å². The first kappa shape index (κ1) is 14.4. The van der Waals surface area contributed by atoms with Crippen LogP contribution in [0.5, 0.6) is 5.75 Å². The molecule has 0 atom stereocenters. The molecule has 20 heavy (non-hydrogen) atoms. The van der Waals surface area contributed by atoms with E-state index >= 15 is 0 Å². The fraction of sp³-hybridized carbons (Fsp3) is 0.308. The van der Waals surface area contributed by atoms with Crippen LogP contribution >= 0.6 is 0 Å². The molecule has 108 valence electrons. The molecule has 0 aliphatic heterocycles. The second-order valence-electron chi connectivity index (χ2n) is 4.16. The zero-order valence-electron chi connectivity index (χ0n) is 10.8. The number of rotatable bonds is 4. The van der Waals surface area contributed by atoms with Crippen molar-refractivity contribution in [1.29, 1.82) is 0 Å². The molecule has 0 aliphatic carbocycles. The molecule has 0 aliphatic rings. The van der Waals surface area contributed by atoms with Crippen LogP contribution in [0, 0.1) is 0 Å². The Morgan fingerprint density at radius 3 is 2.40 bits per heavy atom. The van der Waals surface area contributed by atoms with Gasteiger partial charge in [0.2, 0.25) is 0 Å². The number of halogens is 3. The van der Waals surface area contributed by atoms with Crippen LogP contribution in [0.2, 0.25) is 0 Å². The predicted octanol–water partition coefficient (Wildman–Crippen LogP) is 2.40. The summed E-state index contributed by atoms with van der Waals surface area (Å²) in [6, 6.07) is 6.21. The molecular weight excluding hydrogens is 271 g/mol. The Kier molecular flexibility index (Phi) is 3.99. The van der Waals surface area contributed by atoms with E-state index in [0.29, 0.717) is 11.4 Å². The summed E-state index contributed by atoms with van der Waals surface area (Å²) < 4.78 is 45.4. The first-order chi connectivity index (χ1) is 9.47. The van der Waals surface area contributed by atoms with Crippen molar-refractivity contribution >= 4 is 0 Å². The third kappa shape index (κ3) is 2.77. The van der Waals surface area contributed by atoms with Gasteiger partial charge in [0, 0.05) is 5.56 Å². The van der Waals surface area contributed by atoms with Gasteiger partial charge in [0.1, 0.15) is 5.75 Å². The lowest BCUT2D eigenvalue weighted by molar-refractivity contribution is -0.143. The van der Waals surface area contributed by atoms with E-state index in [1.165, 1.54) is 25.4 Å². The van der Waals surface area contributed by atoms with Crippen LogP contribution < -0.4 is 10.5 Å². The van der Waals surface area contributed by atoms with Gasteiger partial charge in [-0.25, -0.2) is 4.68 Å². The van der Waals surface area contributed by atoms with E-state index in [1.807, 2.05) is 0 Å². The van der Waals surface area contributed by atoms with Gasteiger partial charge in [-0.3, -0.25) is 0 Å². The Hall–Kier alpha value is -2.02. The van der Waals surface area contributed by atoms with E-state index in [-0.39, 0.29) is 18.5 Å². The van der Waals surface area contributed by atoms with Crippen molar-refractivity contribution in [3.8, 4) is 11.4 Å². The maximum atomic E-state index is 13.2. The summed E-state index contributed by atoms with van der Waals surface area (Å²) in [5, 5.41) is 3.83. The average molecular weight is 285 g/mol. The zero-order valence-corrected chi connectivity index (χ0v) is 10.8. The van der Waals surface area contributed by atoms with Crippen molar-refractivity contribution < 1.29 is 17.9 Å². The minimum atomic E-state index is -4.49. The summed E-state index contributed by atoms with van der Waals surface area (Å²) in [4.78, 5) is 0. The van der Waals surface area contributed by atoms with Crippen molar-refractivity contribution in [2.24, 2.45) is 5.73 Å². The molecule has 2 rings (SSSR count). The summed E-state index contributed by atoms with van der Waals surface area (Å²) in [7, 11) is 1.49. The first-order valence-electron chi connectivity index (χ1n) is 5.96. The number of nitrogens with two attached hydrogens (primary N) is 1. The van der Waals surface area contributed by atoms with Gasteiger partial charge >= 0.3 is 6.18 Å². The average Bonchev–Trinajstić information content (AvgIpc) is 2.83. The second-order valence-corrected chi connectivity index (χ2v) is 4.16. The minimum Gasteiger partial charge on any atom is -0.497 e. The van der Waals surface area contributed by atoms with Crippen molar-refractivity contribution in [2.75, 3.05) is 13.7 Å². The van der Waals surface area contributed by atoms with Crippen molar-refractivity contribution in [3.63, 3.8) is 0 Å². The van der Waals surface area contributed by atoms with E-state index in [2.05, 4.69) is 5.10 Å². The molecule has 1 heterocycles. The number of alkyl halides is 3. The van der Waals surface area contributed by atoms with Gasteiger partial charge in [-0.05, 0) is 37.2 Å². The largest absolute Gasteiger partial charge is 0.497 e. The van der Waals surface area contributed by atoms with Crippen LogP contribution in [0.3, 0.4) is 0 Å². The normalized spacial score (nSPS) is 11.7. The van der Waals surface area contributed by atoms with Crippen LogP contribution in [-0.4, -0.2) is 23.4 Å². The molecule has 0 saturated carbocycles. The Morgan fingerprint density at radius 1 is 1.25 bits per heavy atom. The van der Waals surface area contributed by atoms with Gasteiger partial charge < -0.3 is 10.5 Å². The van der Waals surface area contributed by atoms with Gasteiger partial charge in [-0.15, -0.1) is 0 Å². The monoisotopic (exact) mass is 285 g/mol. The highest BCUT2D eigenvalue weighted by molar-refractivity contribution is 5.40. The van der Waals surface area contributed by atoms with Gasteiger partial charge in [0.15, 0.2) is 5.69 Å². The molecule has 0 unspecified atom stereocenters. The van der Waals surface area contributed by atoms with E-state index in [1.54, 1.807) is 12.1 Å². The summed E-state index contributed by atoms with van der Waals surface area (Å²) in [5.74, 6) is 0.566. The van der Waals surface area contributed by atoms with Crippen molar-refractivity contribution in [2.45, 2.75) is 12.6 Å². The van der Waals surface area contributed by atoms with E-state index in [0.717, 1.165) is 4.68 Å². The molecule has 2 N–H and O–H groups in total. The molecule has 4 nitrogen and oxygen atoms in total. The number of nitrogens with zero attached hydrogens (tertiary/aromatic N) is 2. The number of aromatic nitrogens is 2. The number of benzene rings is 1. The lowest BCUT2D eigenvalue weighted by atomic mass is 10.1. The van der Waals surface area contributed by atoms with E-state index in [9.17, 15) is 13.2 Å². The maximum Gasteiger partial charge on any atom is 0.433 e. The van der Waals surface area contributed by atoms with Crippen LogP contribution in [0.1, 0.15) is 11.3 Å². The molecule has 0 spiro atoms. The minimum absolute atomic E-state index is 0.0934. The quantitative estimate of drug-likeness (QED) is 0.938. The highest BCUT2D eigenvalue weighted by atomic mass is 19.4. The van der Waals surface area contributed by atoms with Gasteiger partial charge in [-0.1, -0.05) is 0 Å². The van der Waals surface area contributed by atoms with Gasteiger partial charge in [0.25, 0.3) is 0 Å². The van der Waals surface area contributed by atoms with Crippen LogP contribution in [-0.2, 0) is 12.6 Å². The SMILES string of the molecule is COc1ccc(-n2ncc(CCN)c2C(F)(F)F)cc1. The molecule has 1 aromatic heterocycles. The maximum absolute atomic E-state index is 13.2. The fourth-order valence-electron chi connectivity index (χ4n) is 1.94. The molecular formula is C13H14F3N3O. The van der Waals surface area contributed by atoms with Crippen molar-refractivity contribution in [3.05, 3.63) is 41.7 Å². The summed E-state index contributed by atoms with van der Waals surface area (Å²) in [6.07, 6.45) is -3.15. The predicted molar refractivity (Wildman–Crippen MR) is 67.9 cm³/mol. The van der Waals surface area contributed by atoms with Crippen LogP contribution in [0.25, 0.3) is 5.69 Å². The smallest absolute Gasteiger partial charge is 0.433 e. The highest BCUT2D eigenvalue weighted by Crippen LogP contribution is 2.34. The molecule has 0 saturated heterocycles. The Morgan fingerprint density at radius 2 is 1.90 bits per heavy atom. The Bertz CT molecular complexity index is 576. The first-order valence-corrected chi connectivity index (χ1v) is 5.96. The lowest BCUT2D eigenvalue weighted by Crippen LogP contribution is -2.16. The van der Waals surface area contributed by atoms with E-state index < -0.39 is 11.9 Å². The standard InChI is InChI=1S/C13H14F3N3O/c1-20-11-4-2-10(3-5-11)19-12(13(14,15)16)9(6-7-17)8-18-19/h2-5,8H,6-7,17H2,1H3. The van der Waals surface area contributed by atoms with E-state index in [4.69, 9.17) is 10.5 Å². The Labute approximate surface area is 114 Å². The van der Waals surface area contributed by atoms with Gasteiger partial charge in [-0.2, -0.15) is 18.3 Å². The number of hydrogen-bond acceptors (Lipinski definition) is 3. The lowest BCUT2D eigenvalue weighted by Gasteiger charge is -2.12. The molecule has 0 radical (unpaired) electrons. The second kappa shape index (κ2) is 5.54. The molecule has 7 heteroatoms. The summed E-state index contributed by atoms with van der Waals surface area (Å²) >= 11 is 0. The fourth-order valence-corrected chi connectivity index (χ4v) is 1.94. The molecule has 0 amide bonds. The summed E-state index contributed by atoms with van der Waals surface area (Å²) in [6.45, 7) is 0.136. The number of ether oxygens (including phenoxy) is 1. The number of methoxy groups -OCH3 is 1. The molecule has 0 bridgehead atoms. The molecule has 1 aromatic carbocycles. The Balaban J connectivity index is 2.50. The number of hydrogen-bond donors (Lipinski definition) is 1. The van der Waals surface area contributed by atoms with Crippen LogP contribution in [0.4, 0.5) is 13.2 Å². The zero-order chi connectivity index (χ0) is 14.8. The summed E-state index contributed by atoms with van der Waals surface area (Å²) in [5.41, 5.74) is 4.97. The molecule has 2 aromatic rings.